The summed E-state index contributed by atoms with van der Waals surface area (Å²) in [5, 5.41) is 3.57. The van der Waals surface area contributed by atoms with Crippen LogP contribution in [0.1, 0.15) is 45.4 Å². The first kappa shape index (κ1) is 12.0. The van der Waals surface area contributed by atoms with Crippen LogP contribution in [0.2, 0.25) is 0 Å². The molecule has 3 rings (SSSR count). The van der Waals surface area contributed by atoms with Gasteiger partial charge in [-0.05, 0) is 56.4 Å². The van der Waals surface area contributed by atoms with Crippen LogP contribution in [-0.4, -0.2) is 26.3 Å². The van der Waals surface area contributed by atoms with Crippen LogP contribution in [0, 0.1) is 23.2 Å². The van der Waals surface area contributed by atoms with Gasteiger partial charge < -0.3 is 10.1 Å². The van der Waals surface area contributed by atoms with Crippen molar-refractivity contribution < 1.29 is 4.74 Å². The van der Waals surface area contributed by atoms with Crippen LogP contribution >= 0.6 is 0 Å². The van der Waals surface area contributed by atoms with E-state index < -0.39 is 0 Å². The minimum absolute atomic E-state index is 0.477. The predicted molar refractivity (Wildman–Crippen MR) is 70.0 cm³/mol. The van der Waals surface area contributed by atoms with Crippen LogP contribution in [0.25, 0.3) is 0 Å². The van der Waals surface area contributed by atoms with Crippen molar-refractivity contribution in [1.29, 1.82) is 0 Å². The molecular weight excluding hydrogens is 210 g/mol. The van der Waals surface area contributed by atoms with Gasteiger partial charge in [-0.3, -0.25) is 0 Å². The zero-order valence-electron chi connectivity index (χ0n) is 11.2. The summed E-state index contributed by atoms with van der Waals surface area (Å²) in [7, 11) is 0. The zero-order chi connectivity index (χ0) is 11.7. The summed E-state index contributed by atoms with van der Waals surface area (Å²) in [6.45, 7) is 6.48. The molecule has 2 bridgehead atoms. The summed E-state index contributed by atoms with van der Waals surface area (Å²) >= 11 is 0. The molecule has 3 aliphatic rings. The molecule has 4 atom stereocenters. The van der Waals surface area contributed by atoms with E-state index in [1.807, 2.05) is 0 Å². The van der Waals surface area contributed by atoms with Crippen molar-refractivity contribution in [1.82, 2.24) is 5.32 Å². The highest BCUT2D eigenvalue weighted by Crippen LogP contribution is 2.52. The molecule has 0 spiro atoms. The van der Waals surface area contributed by atoms with Gasteiger partial charge in [0.1, 0.15) is 0 Å². The lowest BCUT2D eigenvalue weighted by atomic mass is 9.73. The largest absolute Gasteiger partial charge is 0.381 e. The third-order valence-electron chi connectivity index (χ3n) is 5.51. The third kappa shape index (κ3) is 2.39. The molecular formula is C15H27NO. The average molecular weight is 237 g/mol. The Balaban J connectivity index is 1.60. The Bertz CT molecular complexity index is 260. The summed E-state index contributed by atoms with van der Waals surface area (Å²) in [6, 6.07) is 0. The molecule has 2 nitrogen and oxygen atoms in total. The number of fused-ring (bicyclic) bond motifs is 2. The van der Waals surface area contributed by atoms with E-state index in [2.05, 4.69) is 12.2 Å². The van der Waals surface area contributed by atoms with Crippen molar-refractivity contribution in [3.8, 4) is 0 Å². The first-order valence-corrected chi connectivity index (χ1v) is 7.60. The van der Waals surface area contributed by atoms with Crippen LogP contribution in [0.15, 0.2) is 0 Å². The second-order valence-corrected chi connectivity index (χ2v) is 6.72. The highest BCUT2D eigenvalue weighted by atomic mass is 16.5. The predicted octanol–water partition coefficient (Wildman–Crippen LogP) is 2.83. The van der Waals surface area contributed by atoms with E-state index in [1.54, 1.807) is 6.42 Å². The molecule has 1 N–H and O–H groups in total. The van der Waals surface area contributed by atoms with E-state index in [1.165, 1.54) is 38.6 Å². The molecule has 2 heteroatoms. The minimum Gasteiger partial charge on any atom is -0.381 e. The molecule has 4 unspecified atom stereocenters. The Morgan fingerprint density at radius 1 is 1.29 bits per heavy atom. The number of hydrogen-bond donors (Lipinski definition) is 1. The highest BCUT2D eigenvalue weighted by Gasteiger charge is 2.44. The molecule has 0 aromatic rings. The Labute approximate surface area is 105 Å². The molecule has 0 aromatic heterocycles. The van der Waals surface area contributed by atoms with Gasteiger partial charge in [0.2, 0.25) is 0 Å². The lowest BCUT2D eigenvalue weighted by Crippen LogP contribution is -2.37. The topological polar surface area (TPSA) is 21.3 Å². The zero-order valence-corrected chi connectivity index (χ0v) is 11.2. The van der Waals surface area contributed by atoms with Gasteiger partial charge in [-0.2, -0.15) is 0 Å². The number of nitrogens with one attached hydrogen (secondary N) is 1. The molecule has 17 heavy (non-hydrogen) atoms. The molecule has 1 heterocycles. The van der Waals surface area contributed by atoms with Gasteiger partial charge in [0.25, 0.3) is 0 Å². The van der Waals surface area contributed by atoms with Crippen molar-refractivity contribution in [3.05, 3.63) is 0 Å². The molecule has 0 radical (unpaired) electrons. The van der Waals surface area contributed by atoms with Crippen molar-refractivity contribution >= 4 is 0 Å². The molecule has 3 fully saturated rings. The third-order valence-corrected chi connectivity index (χ3v) is 5.51. The quantitative estimate of drug-likeness (QED) is 0.794. The smallest absolute Gasteiger partial charge is 0.0535 e. The average Bonchev–Trinajstić information content (AvgIpc) is 3.03. The normalized spacial score (nSPS) is 44.6. The van der Waals surface area contributed by atoms with E-state index in [-0.39, 0.29) is 0 Å². The van der Waals surface area contributed by atoms with Gasteiger partial charge in [-0.15, -0.1) is 0 Å². The fourth-order valence-electron chi connectivity index (χ4n) is 4.59. The van der Waals surface area contributed by atoms with Crippen molar-refractivity contribution in [3.63, 3.8) is 0 Å². The van der Waals surface area contributed by atoms with Crippen LogP contribution < -0.4 is 5.32 Å². The molecule has 2 aliphatic carbocycles. The summed E-state index contributed by atoms with van der Waals surface area (Å²) in [6.07, 6.45) is 8.84. The number of hydrogen-bond acceptors (Lipinski definition) is 2. The maximum Gasteiger partial charge on any atom is 0.0535 e. The summed E-state index contributed by atoms with van der Waals surface area (Å²) < 4.78 is 5.71. The standard InChI is InChI=1S/C15H27NO/c1-2-16-10-15(5-6-17-11-15)9-14-8-12-3-4-13(14)7-12/h12-14,16H,2-11H2,1H3. The van der Waals surface area contributed by atoms with Gasteiger partial charge in [0, 0.05) is 18.6 Å². The van der Waals surface area contributed by atoms with E-state index in [0.29, 0.717) is 5.41 Å². The molecule has 98 valence electrons. The van der Waals surface area contributed by atoms with E-state index in [9.17, 15) is 0 Å². The van der Waals surface area contributed by atoms with Crippen LogP contribution in [-0.2, 0) is 4.74 Å². The van der Waals surface area contributed by atoms with E-state index in [4.69, 9.17) is 4.74 Å². The number of ether oxygens (including phenoxy) is 1. The maximum atomic E-state index is 5.71. The minimum atomic E-state index is 0.477. The first-order valence-electron chi connectivity index (χ1n) is 7.60. The van der Waals surface area contributed by atoms with Gasteiger partial charge >= 0.3 is 0 Å². The molecule has 1 aliphatic heterocycles. The van der Waals surface area contributed by atoms with Crippen LogP contribution in [0.4, 0.5) is 0 Å². The Kier molecular flexibility index (Phi) is 3.45. The Hall–Kier alpha value is -0.0800. The number of rotatable bonds is 5. The monoisotopic (exact) mass is 237 g/mol. The van der Waals surface area contributed by atoms with Gasteiger partial charge in [-0.1, -0.05) is 13.3 Å². The highest BCUT2D eigenvalue weighted by molar-refractivity contribution is 4.95. The van der Waals surface area contributed by atoms with E-state index >= 15 is 0 Å². The maximum absolute atomic E-state index is 5.71. The van der Waals surface area contributed by atoms with Crippen molar-refractivity contribution in [2.45, 2.75) is 45.4 Å². The van der Waals surface area contributed by atoms with Crippen molar-refractivity contribution in [2.24, 2.45) is 23.2 Å². The summed E-state index contributed by atoms with van der Waals surface area (Å²) in [4.78, 5) is 0. The van der Waals surface area contributed by atoms with Gasteiger partial charge in [0.05, 0.1) is 6.61 Å². The first-order chi connectivity index (χ1) is 8.31. The van der Waals surface area contributed by atoms with E-state index in [0.717, 1.165) is 37.5 Å². The molecule has 0 amide bonds. The lowest BCUT2D eigenvalue weighted by Gasteiger charge is -2.34. The second kappa shape index (κ2) is 4.89. The molecule has 2 saturated carbocycles. The molecule has 1 saturated heterocycles. The molecule has 0 aromatic carbocycles. The summed E-state index contributed by atoms with van der Waals surface area (Å²) in [5.74, 6) is 3.18. The Morgan fingerprint density at radius 3 is 2.82 bits per heavy atom. The Morgan fingerprint density at radius 2 is 2.24 bits per heavy atom. The van der Waals surface area contributed by atoms with Crippen LogP contribution in [0.3, 0.4) is 0 Å². The SMILES string of the molecule is CCNCC1(CC2CC3CCC2C3)CCOC1. The fourth-order valence-corrected chi connectivity index (χ4v) is 4.59. The summed E-state index contributed by atoms with van der Waals surface area (Å²) in [5.41, 5.74) is 0.477. The van der Waals surface area contributed by atoms with Crippen molar-refractivity contribution in [2.75, 3.05) is 26.3 Å². The fraction of sp³-hybridized carbons (Fsp3) is 1.00. The lowest BCUT2D eigenvalue weighted by molar-refractivity contribution is 0.118. The van der Waals surface area contributed by atoms with Gasteiger partial charge in [-0.25, -0.2) is 0 Å². The van der Waals surface area contributed by atoms with Gasteiger partial charge in [0.15, 0.2) is 0 Å². The second-order valence-electron chi connectivity index (χ2n) is 6.72. The van der Waals surface area contributed by atoms with Crippen LogP contribution in [0.5, 0.6) is 0 Å².